The van der Waals surface area contributed by atoms with Gasteiger partial charge in [0.25, 0.3) is 5.91 Å². The van der Waals surface area contributed by atoms with Gasteiger partial charge in [-0.2, -0.15) is 4.31 Å². The van der Waals surface area contributed by atoms with E-state index in [4.69, 9.17) is 14.1 Å². The lowest BCUT2D eigenvalue weighted by Crippen LogP contribution is -2.38. The van der Waals surface area contributed by atoms with E-state index in [0.717, 1.165) is 48.1 Å². The predicted octanol–water partition coefficient (Wildman–Crippen LogP) is 6.09. The second-order valence-electron chi connectivity index (χ2n) is 9.37. The SMILES string of the molecule is CCOc1ccc2nc(N(Cc3ccco3)C(=O)c3ccc(S(=O)(=O)N(C)C4CCCCC4)cc3)sc2c1. The molecule has 1 aliphatic rings. The van der Waals surface area contributed by atoms with Crippen LogP contribution in [0.4, 0.5) is 5.13 Å². The normalized spacial score (nSPS) is 14.7. The van der Waals surface area contributed by atoms with Crippen molar-refractivity contribution in [2.45, 2.75) is 56.5 Å². The van der Waals surface area contributed by atoms with Gasteiger partial charge in [-0.3, -0.25) is 9.69 Å². The number of furan rings is 1. The van der Waals surface area contributed by atoms with Gasteiger partial charge in [-0.15, -0.1) is 0 Å². The van der Waals surface area contributed by atoms with Gasteiger partial charge in [0.15, 0.2) is 5.13 Å². The Bertz CT molecular complexity index is 1490. The summed E-state index contributed by atoms with van der Waals surface area (Å²) in [6, 6.07) is 15.4. The molecule has 0 N–H and O–H groups in total. The topological polar surface area (TPSA) is 93.0 Å². The van der Waals surface area contributed by atoms with E-state index in [1.54, 1.807) is 42.5 Å². The molecule has 0 aliphatic heterocycles. The van der Waals surface area contributed by atoms with Gasteiger partial charge >= 0.3 is 0 Å². The van der Waals surface area contributed by atoms with Gasteiger partial charge < -0.3 is 9.15 Å². The van der Waals surface area contributed by atoms with E-state index in [0.29, 0.717) is 23.1 Å². The molecule has 0 radical (unpaired) electrons. The molecule has 5 rings (SSSR count). The summed E-state index contributed by atoms with van der Waals surface area (Å²) in [5.74, 6) is 1.06. The first kappa shape index (κ1) is 26.4. The number of amides is 1. The average Bonchev–Trinajstić information content (AvgIpc) is 3.61. The van der Waals surface area contributed by atoms with E-state index in [1.807, 2.05) is 25.1 Å². The minimum Gasteiger partial charge on any atom is -0.494 e. The number of carbonyl (C=O) groups is 1. The summed E-state index contributed by atoms with van der Waals surface area (Å²) in [7, 11) is -2.00. The molecular weight excluding hydrogens is 522 g/mol. The fourth-order valence-electron chi connectivity index (χ4n) is 4.78. The molecule has 8 nitrogen and oxygen atoms in total. The summed E-state index contributed by atoms with van der Waals surface area (Å²) >= 11 is 1.39. The maximum Gasteiger partial charge on any atom is 0.260 e. The largest absolute Gasteiger partial charge is 0.494 e. The molecule has 2 aromatic carbocycles. The van der Waals surface area contributed by atoms with Crippen LogP contribution in [0.3, 0.4) is 0 Å². The third-order valence-electron chi connectivity index (χ3n) is 6.90. The first-order valence-electron chi connectivity index (χ1n) is 12.8. The number of hydrogen-bond acceptors (Lipinski definition) is 7. The molecular formula is C28H31N3O5S2. The number of benzene rings is 2. The summed E-state index contributed by atoms with van der Waals surface area (Å²) < 4.78 is 40.0. The van der Waals surface area contributed by atoms with Crippen LogP contribution in [0, 0.1) is 0 Å². The standard InChI is InChI=1S/C28H31N3O5S2/c1-3-35-22-13-16-25-26(18-22)37-28(29-25)31(19-23-10-7-17-36-23)27(32)20-11-14-24(15-12-20)38(33,34)30(2)21-8-5-4-6-9-21/h7,10-18,21H,3-6,8-9,19H2,1-2H3. The molecule has 0 bridgehead atoms. The first-order chi connectivity index (χ1) is 18.4. The van der Waals surface area contributed by atoms with Crippen molar-refractivity contribution in [3.8, 4) is 5.75 Å². The summed E-state index contributed by atoms with van der Waals surface area (Å²) in [6.45, 7) is 2.67. The Morgan fingerprint density at radius 2 is 1.87 bits per heavy atom. The van der Waals surface area contributed by atoms with Crippen LogP contribution in [0.2, 0.25) is 0 Å². The lowest BCUT2D eigenvalue weighted by atomic mass is 9.96. The number of nitrogens with zero attached hydrogens (tertiary/aromatic N) is 3. The molecule has 2 aromatic heterocycles. The van der Waals surface area contributed by atoms with Gasteiger partial charge in [0.2, 0.25) is 10.0 Å². The van der Waals surface area contributed by atoms with Crippen LogP contribution < -0.4 is 9.64 Å². The number of hydrogen-bond donors (Lipinski definition) is 0. The zero-order valence-corrected chi connectivity index (χ0v) is 23.1. The molecule has 0 atom stereocenters. The Kier molecular flexibility index (Phi) is 7.83. The van der Waals surface area contributed by atoms with Crippen LogP contribution in [0.1, 0.15) is 55.1 Å². The number of aromatic nitrogens is 1. The molecule has 0 unspecified atom stereocenters. The Morgan fingerprint density at radius 3 is 2.55 bits per heavy atom. The maximum atomic E-state index is 13.7. The van der Waals surface area contributed by atoms with E-state index in [9.17, 15) is 13.2 Å². The quantitative estimate of drug-likeness (QED) is 0.249. The zero-order chi connectivity index (χ0) is 26.7. The van der Waals surface area contributed by atoms with E-state index >= 15 is 0 Å². The van der Waals surface area contributed by atoms with Crippen LogP contribution in [0.15, 0.2) is 70.2 Å². The van der Waals surface area contributed by atoms with Gasteiger partial charge in [-0.1, -0.05) is 30.6 Å². The number of thiazole rings is 1. The summed E-state index contributed by atoms with van der Waals surface area (Å²) in [6.07, 6.45) is 6.56. The van der Waals surface area contributed by atoms with Gasteiger partial charge in [-0.05, 0) is 74.4 Å². The van der Waals surface area contributed by atoms with Gasteiger partial charge in [0.1, 0.15) is 11.5 Å². The highest BCUT2D eigenvalue weighted by Gasteiger charge is 2.30. The van der Waals surface area contributed by atoms with Crippen LogP contribution in [0.5, 0.6) is 5.75 Å². The highest BCUT2D eigenvalue weighted by molar-refractivity contribution is 7.89. The predicted molar refractivity (Wildman–Crippen MR) is 148 cm³/mol. The second-order valence-corrected chi connectivity index (χ2v) is 12.4. The lowest BCUT2D eigenvalue weighted by molar-refractivity contribution is 0.0983. The molecule has 2 heterocycles. The van der Waals surface area contributed by atoms with Crippen LogP contribution in [-0.2, 0) is 16.6 Å². The van der Waals surface area contributed by atoms with E-state index < -0.39 is 10.0 Å². The number of carbonyl (C=O) groups excluding carboxylic acids is 1. The van der Waals surface area contributed by atoms with Crippen LogP contribution in [-0.4, -0.2) is 43.3 Å². The number of anilines is 1. The molecule has 4 aromatic rings. The number of ether oxygens (including phenoxy) is 1. The molecule has 1 aliphatic carbocycles. The van der Waals surface area contributed by atoms with Gasteiger partial charge in [-0.25, -0.2) is 13.4 Å². The number of rotatable bonds is 9. The third kappa shape index (κ3) is 5.48. The van der Waals surface area contributed by atoms with E-state index in [-0.39, 0.29) is 23.4 Å². The lowest BCUT2D eigenvalue weighted by Gasteiger charge is -2.30. The first-order valence-corrected chi connectivity index (χ1v) is 15.1. The maximum absolute atomic E-state index is 13.7. The van der Waals surface area contributed by atoms with Crippen LogP contribution in [0.25, 0.3) is 10.2 Å². The molecule has 10 heteroatoms. The van der Waals surface area contributed by atoms with Crippen molar-refractivity contribution in [1.29, 1.82) is 0 Å². The van der Waals surface area contributed by atoms with Crippen molar-refractivity contribution < 1.29 is 22.4 Å². The minimum atomic E-state index is -3.65. The molecule has 38 heavy (non-hydrogen) atoms. The molecule has 1 saturated carbocycles. The molecule has 0 spiro atoms. The number of fused-ring (bicyclic) bond motifs is 1. The second kappa shape index (κ2) is 11.3. The van der Waals surface area contributed by atoms with Crippen molar-refractivity contribution in [3.05, 3.63) is 72.2 Å². The van der Waals surface area contributed by atoms with Crippen molar-refractivity contribution >= 4 is 42.6 Å². The van der Waals surface area contributed by atoms with Crippen molar-refractivity contribution in [3.63, 3.8) is 0 Å². The molecule has 1 amide bonds. The van der Waals surface area contributed by atoms with E-state index in [2.05, 4.69) is 0 Å². The zero-order valence-electron chi connectivity index (χ0n) is 21.5. The van der Waals surface area contributed by atoms with Gasteiger partial charge in [0.05, 0.1) is 34.5 Å². The van der Waals surface area contributed by atoms with Crippen molar-refractivity contribution in [2.75, 3.05) is 18.6 Å². The average molecular weight is 554 g/mol. The summed E-state index contributed by atoms with van der Waals surface area (Å²) in [5.41, 5.74) is 1.13. The fraction of sp³-hybridized carbons (Fsp3) is 0.357. The molecule has 200 valence electrons. The minimum absolute atomic E-state index is 0.0149. The van der Waals surface area contributed by atoms with E-state index in [1.165, 1.54) is 27.8 Å². The number of sulfonamides is 1. The Hall–Kier alpha value is -3.21. The smallest absolute Gasteiger partial charge is 0.260 e. The van der Waals surface area contributed by atoms with Crippen molar-refractivity contribution in [2.24, 2.45) is 0 Å². The van der Waals surface area contributed by atoms with Crippen molar-refractivity contribution in [1.82, 2.24) is 9.29 Å². The van der Waals surface area contributed by atoms with Gasteiger partial charge in [0, 0.05) is 18.7 Å². The Labute approximate surface area is 226 Å². The summed E-state index contributed by atoms with van der Waals surface area (Å²) in [4.78, 5) is 20.2. The molecule has 0 saturated heterocycles. The monoisotopic (exact) mass is 553 g/mol. The summed E-state index contributed by atoms with van der Waals surface area (Å²) in [5, 5.41) is 0.517. The fourth-order valence-corrected chi connectivity index (χ4v) is 7.19. The van der Waals surface area contributed by atoms with Crippen LogP contribution >= 0.6 is 11.3 Å². The molecule has 1 fully saturated rings. The highest BCUT2D eigenvalue weighted by atomic mass is 32.2. The third-order valence-corrected chi connectivity index (χ3v) is 9.86. The Morgan fingerprint density at radius 1 is 1.11 bits per heavy atom. The highest BCUT2D eigenvalue weighted by Crippen LogP contribution is 2.33. The Balaban J connectivity index is 1.43.